The van der Waals surface area contributed by atoms with E-state index in [9.17, 15) is 14.9 Å². The number of amides is 1. The van der Waals surface area contributed by atoms with Gasteiger partial charge in [0.25, 0.3) is 5.69 Å². The van der Waals surface area contributed by atoms with Crippen LogP contribution in [0.4, 0.5) is 17.5 Å². The van der Waals surface area contributed by atoms with Gasteiger partial charge in [-0.3, -0.25) is 14.9 Å². The summed E-state index contributed by atoms with van der Waals surface area (Å²) in [7, 11) is 0. The van der Waals surface area contributed by atoms with Crippen molar-refractivity contribution in [3.63, 3.8) is 0 Å². The largest absolute Gasteiger partial charge is 0.341 e. The zero-order chi connectivity index (χ0) is 21.1. The number of benzene rings is 1. The lowest BCUT2D eigenvalue weighted by Crippen LogP contribution is -2.39. The summed E-state index contributed by atoms with van der Waals surface area (Å²) in [5.41, 5.74) is 1.38. The maximum absolute atomic E-state index is 12.9. The molecule has 154 valence electrons. The number of nitrogens with zero attached hydrogens (tertiary/aromatic N) is 6. The number of carbonyl (C=O) groups excluding carboxylic acids is 1. The maximum Gasteiger partial charge on any atom is 0.269 e. The monoisotopic (exact) mass is 407 g/mol. The fourth-order valence-electron chi connectivity index (χ4n) is 3.53. The van der Waals surface area contributed by atoms with E-state index in [4.69, 9.17) is 0 Å². The number of aromatic nitrogens is 4. The highest BCUT2D eigenvalue weighted by atomic mass is 16.6. The van der Waals surface area contributed by atoms with Crippen molar-refractivity contribution in [3.8, 4) is 5.69 Å². The Balaban J connectivity index is 1.43. The summed E-state index contributed by atoms with van der Waals surface area (Å²) in [6.07, 6.45) is 4.83. The van der Waals surface area contributed by atoms with Crippen molar-refractivity contribution in [2.45, 2.75) is 19.8 Å². The van der Waals surface area contributed by atoms with Gasteiger partial charge in [0.1, 0.15) is 5.82 Å². The van der Waals surface area contributed by atoms with Crippen LogP contribution in [0.1, 0.15) is 18.5 Å². The van der Waals surface area contributed by atoms with Gasteiger partial charge in [-0.2, -0.15) is 5.10 Å². The van der Waals surface area contributed by atoms with Crippen molar-refractivity contribution in [1.29, 1.82) is 0 Å². The maximum atomic E-state index is 12.9. The average molecular weight is 407 g/mol. The molecule has 2 aromatic heterocycles. The number of anilines is 2. The first kappa shape index (κ1) is 19.5. The minimum absolute atomic E-state index is 0.00219. The summed E-state index contributed by atoms with van der Waals surface area (Å²) in [6.45, 7) is 3.25. The number of rotatable bonds is 5. The fourth-order valence-corrected chi connectivity index (χ4v) is 3.53. The Morgan fingerprint density at radius 3 is 2.47 bits per heavy atom. The number of hydrogen-bond donors (Lipinski definition) is 1. The van der Waals surface area contributed by atoms with Crippen LogP contribution in [0.2, 0.25) is 0 Å². The SMILES string of the molecule is Cc1cc(NC(=O)C2CCN(c3ncccn3)CC2)n(-c2ccc([N+](=O)[O-])cc2)n1. The van der Waals surface area contributed by atoms with Crippen molar-refractivity contribution >= 4 is 23.4 Å². The fraction of sp³-hybridized carbons (Fsp3) is 0.300. The third kappa shape index (κ3) is 4.12. The van der Waals surface area contributed by atoms with Crippen molar-refractivity contribution < 1.29 is 9.72 Å². The molecule has 0 spiro atoms. The standard InChI is InChI=1S/C20H21N7O3/c1-14-13-18(26(24-14)16-3-5-17(6-4-16)27(29)30)23-19(28)15-7-11-25(12-8-15)20-21-9-2-10-22-20/h2-6,9-10,13,15H,7-8,11-12H2,1H3,(H,23,28). The van der Waals surface area contributed by atoms with Gasteiger partial charge >= 0.3 is 0 Å². The van der Waals surface area contributed by atoms with E-state index in [0.29, 0.717) is 43.4 Å². The first-order valence-electron chi connectivity index (χ1n) is 9.65. The Bertz CT molecular complexity index is 1040. The molecule has 1 N–H and O–H groups in total. The molecule has 0 radical (unpaired) electrons. The molecule has 3 aromatic rings. The van der Waals surface area contributed by atoms with Gasteiger partial charge < -0.3 is 10.2 Å². The van der Waals surface area contributed by atoms with E-state index in [1.807, 2.05) is 6.92 Å². The number of nitrogens with one attached hydrogen (secondary N) is 1. The number of piperidine rings is 1. The van der Waals surface area contributed by atoms with Gasteiger partial charge in [0, 0.05) is 49.6 Å². The molecule has 1 aromatic carbocycles. The highest BCUT2D eigenvalue weighted by Crippen LogP contribution is 2.24. The van der Waals surface area contributed by atoms with Crippen LogP contribution in [-0.4, -0.2) is 43.7 Å². The molecule has 10 heteroatoms. The van der Waals surface area contributed by atoms with E-state index >= 15 is 0 Å². The molecular formula is C20H21N7O3. The summed E-state index contributed by atoms with van der Waals surface area (Å²) in [5.74, 6) is 1.04. The van der Waals surface area contributed by atoms with E-state index in [-0.39, 0.29) is 17.5 Å². The highest BCUT2D eigenvalue weighted by Gasteiger charge is 2.27. The quantitative estimate of drug-likeness (QED) is 0.510. The zero-order valence-electron chi connectivity index (χ0n) is 16.4. The molecule has 0 unspecified atom stereocenters. The molecule has 0 aliphatic carbocycles. The van der Waals surface area contributed by atoms with Crippen LogP contribution >= 0.6 is 0 Å². The summed E-state index contributed by atoms with van der Waals surface area (Å²) in [5, 5.41) is 18.3. The Morgan fingerprint density at radius 2 is 1.83 bits per heavy atom. The van der Waals surface area contributed by atoms with Crippen LogP contribution in [0.25, 0.3) is 5.69 Å². The third-order valence-corrected chi connectivity index (χ3v) is 5.09. The lowest BCUT2D eigenvalue weighted by atomic mass is 9.96. The minimum atomic E-state index is -0.451. The van der Waals surface area contributed by atoms with E-state index in [2.05, 4.69) is 25.3 Å². The Labute approximate surface area is 172 Å². The summed E-state index contributed by atoms with van der Waals surface area (Å²) >= 11 is 0. The van der Waals surface area contributed by atoms with Gasteiger partial charge in [0.05, 0.1) is 16.3 Å². The van der Waals surface area contributed by atoms with Crippen LogP contribution < -0.4 is 10.2 Å². The van der Waals surface area contributed by atoms with Gasteiger partial charge in [-0.15, -0.1) is 0 Å². The highest BCUT2D eigenvalue weighted by molar-refractivity contribution is 5.92. The van der Waals surface area contributed by atoms with E-state index in [1.165, 1.54) is 12.1 Å². The lowest BCUT2D eigenvalue weighted by Gasteiger charge is -2.31. The topological polar surface area (TPSA) is 119 Å². The van der Waals surface area contributed by atoms with Crippen molar-refractivity contribution in [2.75, 3.05) is 23.3 Å². The number of non-ortho nitro benzene ring substituents is 1. The molecule has 4 rings (SSSR count). The molecule has 0 saturated carbocycles. The second-order valence-electron chi connectivity index (χ2n) is 7.16. The van der Waals surface area contributed by atoms with E-state index in [1.54, 1.807) is 41.3 Å². The number of nitro benzene ring substituents is 1. The molecule has 1 aliphatic rings. The third-order valence-electron chi connectivity index (χ3n) is 5.09. The molecule has 1 amide bonds. The van der Waals surface area contributed by atoms with Crippen molar-refractivity contribution in [3.05, 3.63) is 64.6 Å². The molecule has 30 heavy (non-hydrogen) atoms. The minimum Gasteiger partial charge on any atom is -0.341 e. The second kappa shape index (κ2) is 8.27. The van der Waals surface area contributed by atoms with Crippen LogP contribution in [0.15, 0.2) is 48.8 Å². The Morgan fingerprint density at radius 1 is 1.17 bits per heavy atom. The number of nitro groups is 1. The lowest BCUT2D eigenvalue weighted by molar-refractivity contribution is -0.384. The Hall–Kier alpha value is -3.82. The summed E-state index contributed by atoms with van der Waals surface area (Å²) in [6, 6.07) is 9.61. The van der Waals surface area contributed by atoms with Gasteiger partial charge in [-0.25, -0.2) is 14.6 Å². The molecule has 10 nitrogen and oxygen atoms in total. The molecular weight excluding hydrogens is 386 g/mol. The zero-order valence-corrected chi connectivity index (χ0v) is 16.4. The molecule has 0 bridgehead atoms. The van der Waals surface area contributed by atoms with Gasteiger partial charge in [-0.1, -0.05) is 0 Å². The molecule has 3 heterocycles. The Kier molecular flexibility index (Phi) is 5.38. The van der Waals surface area contributed by atoms with Crippen LogP contribution in [-0.2, 0) is 4.79 Å². The van der Waals surface area contributed by atoms with Crippen LogP contribution in [0.5, 0.6) is 0 Å². The normalized spacial score (nSPS) is 14.5. The van der Waals surface area contributed by atoms with E-state index < -0.39 is 4.92 Å². The van der Waals surface area contributed by atoms with Crippen LogP contribution in [0, 0.1) is 23.0 Å². The van der Waals surface area contributed by atoms with Gasteiger partial charge in [-0.05, 0) is 38.0 Å². The summed E-state index contributed by atoms with van der Waals surface area (Å²) < 4.78 is 1.59. The average Bonchev–Trinajstić information content (AvgIpc) is 3.14. The predicted octanol–water partition coefficient (Wildman–Crippen LogP) is 2.73. The number of aryl methyl sites for hydroxylation is 1. The van der Waals surface area contributed by atoms with Gasteiger partial charge in [0.15, 0.2) is 0 Å². The number of carbonyl (C=O) groups is 1. The number of hydrogen-bond acceptors (Lipinski definition) is 7. The van der Waals surface area contributed by atoms with E-state index in [0.717, 1.165) is 5.69 Å². The van der Waals surface area contributed by atoms with Crippen LogP contribution in [0.3, 0.4) is 0 Å². The second-order valence-corrected chi connectivity index (χ2v) is 7.16. The smallest absolute Gasteiger partial charge is 0.269 e. The molecule has 1 aliphatic heterocycles. The molecule has 1 fully saturated rings. The van der Waals surface area contributed by atoms with Gasteiger partial charge in [0.2, 0.25) is 11.9 Å². The first-order chi connectivity index (χ1) is 14.5. The van der Waals surface area contributed by atoms with Crippen molar-refractivity contribution in [2.24, 2.45) is 5.92 Å². The molecule has 1 saturated heterocycles. The molecule has 0 atom stereocenters. The summed E-state index contributed by atoms with van der Waals surface area (Å²) in [4.78, 5) is 33.9. The van der Waals surface area contributed by atoms with Crippen molar-refractivity contribution in [1.82, 2.24) is 19.7 Å². The predicted molar refractivity (Wildman–Crippen MR) is 111 cm³/mol. The first-order valence-corrected chi connectivity index (χ1v) is 9.65.